The number of nitriles is 1. The van der Waals surface area contributed by atoms with E-state index in [0.717, 1.165) is 18.7 Å². The first-order valence-electron chi connectivity index (χ1n) is 6.69. The highest BCUT2D eigenvalue weighted by Crippen LogP contribution is 2.28. The standard InChI is InChI=1S/C16H19FN2/c1-11-5-12(2)7-13(6-11)10-19-15-3-4-16(17)14(8-15)9-18/h3-5,8,11,13,19H,6-7,10H2,1-2H3. The SMILES string of the molecule is CC1=CC(C)CC(CNc2ccc(F)c(C#N)c2)C1. The Kier molecular flexibility index (Phi) is 4.21. The number of anilines is 1. The summed E-state index contributed by atoms with van der Waals surface area (Å²) in [6, 6.07) is 6.47. The summed E-state index contributed by atoms with van der Waals surface area (Å²) in [6.07, 6.45) is 4.63. The first-order chi connectivity index (χ1) is 9.08. The number of hydrogen-bond donors (Lipinski definition) is 1. The van der Waals surface area contributed by atoms with Gasteiger partial charge in [-0.05, 0) is 49.8 Å². The molecule has 1 aromatic rings. The second kappa shape index (κ2) is 5.88. The fourth-order valence-corrected chi connectivity index (χ4v) is 2.82. The van der Waals surface area contributed by atoms with Gasteiger partial charge in [-0.25, -0.2) is 4.39 Å². The zero-order valence-electron chi connectivity index (χ0n) is 11.4. The van der Waals surface area contributed by atoms with Crippen LogP contribution in [0.4, 0.5) is 10.1 Å². The van der Waals surface area contributed by atoms with Gasteiger partial charge >= 0.3 is 0 Å². The second-order valence-corrected chi connectivity index (χ2v) is 5.48. The van der Waals surface area contributed by atoms with Crippen LogP contribution in [0.5, 0.6) is 0 Å². The van der Waals surface area contributed by atoms with Crippen molar-refractivity contribution in [1.82, 2.24) is 0 Å². The van der Waals surface area contributed by atoms with E-state index in [0.29, 0.717) is 11.8 Å². The van der Waals surface area contributed by atoms with E-state index in [1.54, 1.807) is 12.1 Å². The predicted molar refractivity (Wildman–Crippen MR) is 75.2 cm³/mol. The number of hydrogen-bond acceptors (Lipinski definition) is 2. The van der Waals surface area contributed by atoms with Crippen LogP contribution in [0.15, 0.2) is 29.8 Å². The summed E-state index contributed by atoms with van der Waals surface area (Å²) in [5.74, 6) is 0.775. The van der Waals surface area contributed by atoms with Crippen LogP contribution in [0.3, 0.4) is 0 Å². The highest BCUT2D eigenvalue weighted by atomic mass is 19.1. The normalized spacial score (nSPS) is 22.5. The maximum absolute atomic E-state index is 13.2. The molecule has 100 valence electrons. The molecule has 19 heavy (non-hydrogen) atoms. The molecule has 0 fully saturated rings. The number of nitrogens with one attached hydrogen (secondary N) is 1. The molecular formula is C16H19FN2. The minimum absolute atomic E-state index is 0.0955. The van der Waals surface area contributed by atoms with E-state index >= 15 is 0 Å². The Morgan fingerprint density at radius 1 is 1.47 bits per heavy atom. The van der Waals surface area contributed by atoms with Gasteiger partial charge in [0.25, 0.3) is 0 Å². The molecule has 0 saturated heterocycles. The molecule has 2 unspecified atom stereocenters. The zero-order valence-corrected chi connectivity index (χ0v) is 11.4. The molecule has 0 aromatic heterocycles. The van der Waals surface area contributed by atoms with Gasteiger partial charge in [-0.1, -0.05) is 18.6 Å². The third-order valence-corrected chi connectivity index (χ3v) is 3.57. The van der Waals surface area contributed by atoms with E-state index in [1.165, 1.54) is 18.1 Å². The van der Waals surface area contributed by atoms with Crippen molar-refractivity contribution in [3.05, 3.63) is 41.2 Å². The van der Waals surface area contributed by atoms with Gasteiger partial charge in [0.05, 0.1) is 5.56 Å². The van der Waals surface area contributed by atoms with Gasteiger partial charge in [0.1, 0.15) is 11.9 Å². The Labute approximate surface area is 113 Å². The van der Waals surface area contributed by atoms with Crippen LogP contribution in [0.25, 0.3) is 0 Å². The summed E-state index contributed by atoms with van der Waals surface area (Å²) in [7, 11) is 0. The Morgan fingerprint density at radius 3 is 2.95 bits per heavy atom. The monoisotopic (exact) mass is 258 g/mol. The fourth-order valence-electron chi connectivity index (χ4n) is 2.82. The predicted octanol–water partition coefficient (Wildman–Crippen LogP) is 4.10. The maximum atomic E-state index is 13.2. The van der Waals surface area contributed by atoms with E-state index in [9.17, 15) is 4.39 Å². The average Bonchev–Trinajstić information content (AvgIpc) is 2.36. The van der Waals surface area contributed by atoms with Crippen molar-refractivity contribution < 1.29 is 4.39 Å². The summed E-state index contributed by atoms with van der Waals surface area (Å²) in [4.78, 5) is 0. The van der Waals surface area contributed by atoms with E-state index < -0.39 is 5.82 Å². The van der Waals surface area contributed by atoms with Crippen molar-refractivity contribution in [1.29, 1.82) is 5.26 Å². The van der Waals surface area contributed by atoms with E-state index in [4.69, 9.17) is 5.26 Å². The van der Waals surface area contributed by atoms with Crippen LogP contribution in [0.1, 0.15) is 32.3 Å². The molecule has 1 aliphatic carbocycles. The zero-order chi connectivity index (χ0) is 13.8. The highest BCUT2D eigenvalue weighted by molar-refractivity contribution is 5.49. The fraction of sp³-hybridized carbons (Fsp3) is 0.438. The molecule has 1 aliphatic rings. The second-order valence-electron chi connectivity index (χ2n) is 5.48. The molecule has 0 bridgehead atoms. The Hall–Kier alpha value is -1.82. The average molecular weight is 258 g/mol. The first kappa shape index (κ1) is 13.6. The number of benzene rings is 1. The summed E-state index contributed by atoms with van der Waals surface area (Å²) >= 11 is 0. The lowest BCUT2D eigenvalue weighted by atomic mass is 9.84. The summed E-state index contributed by atoms with van der Waals surface area (Å²) < 4.78 is 13.2. The van der Waals surface area contributed by atoms with Gasteiger partial charge in [0.2, 0.25) is 0 Å². The summed E-state index contributed by atoms with van der Waals surface area (Å²) in [6.45, 7) is 5.28. The molecule has 0 heterocycles. The van der Waals surface area contributed by atoms with E-state index in [1.807, 2.05) is 6.07 Å². The Bertz CT molecular complexity index is 528. The summed E-state index contributed by atoms with van der Waals surface area (Å²) in [5, 5.41) is 12.1. The third-order valence-electron chi connectivity index (χ3n) is 3.57. The van der Waals surface area contributed by atoms with Crippen molar-refractivity contribution >= 4 is 5.69 Å². The number of rotatable bonds is 3. The number of allylic oxidation sites excluding steroid dienone is 2. The van der Waals surface area contributed by atoms with Crippen LogP contribution in [-0.4, -0.2) is 6.54 Å². The Balaban J connectivity index is 1.96. The number of nitrogens with zero attached hydrogens (tertiary/aromatic N) is 1. The van der Waals surface area contributed by atoms with Gasteiger partial charge < -0.3 is 5.32 Å². The van der Waals surface area contributed by atoms with E-state index in [-0.39, 0.29) is 5.56 Å². The largest absolute Gasteiger partial charge is 0.385 e. The van der Waals surface area contributed by atoms with Crippen LogP contribution >= 0.6 is 0 Å². The lowest BCUT2D eigenvalue weighted by Crippen LogP contribution is -2.20. The smallest absolute Gasteiger partial charge is 0.141 e. The minimum Gasteiger partial charge on any atom is -0.385 e. The molecular weight excluding hydrogens is 239 g/mol. The molecule has 1 aromatic carbocycles. The maximum Gasteiger partial charge on any atom is 0.141 e. The first-order valence-corrected chi connectivity index (χ1v) is 6.69. The van der Waals surface area contributed by atoms with Gasteiger partial charge in [-0.2, -0.15) is 5.26 Å². The van der Waals surface area contributed by atoms with Gasteiger partial charge in [-0.15, -0.1) is 0 Å². The molecule has 0 saturated carbocycles. The quantitative estimate of drug-likeness (QED) is 0.828. The lowest BCUT2D eigenvalue weighted by Gasteiger charge is -2.26. The minimum atomic E-state index is -0.460. The highest BCUT2D eigenvalue weighted by Gasteiger charge is 2.17. The topological polar surface area (TPSA) is 35.8 Å². The van der Waals surface area contributed by atoms with Crippen LogP contribution in [0, 0.1) is 29.0 Å². The van der Waals surface area contributed by atoms with Crippen LogP contribution in [-0.2, 0) is 0 Å². The van der Waals surface area contributed by atoms with E-state index in [2.05, 4.69) is 25.2 Å². The summed E-state index contributed by atoms with van der Waals surface area (Å²) in [5.41, 5.74) is 2.36. The molecule has 2 rings (SSSR count). The lowest BCUT2D eigenvalue weighted by molar-refractivity contribution is 0.421. The molecule has 3 heteroatoms. The van der Waals surface area contributed by atoms with Crippen molar-refractivity contribution in [2.45, 2.75) is 26.7 Å². The molecule has 2 nitrogen and oxygen atoms in total. The third kappa shape index (κ3) is 3.57. The Morgan fingerprint density at radius 2 is 2.26 bits per heavy atom. The van der Waals surface area contributed by atoms with Gasteiger partial charge in [-0.3, -0.25) is 0 Å². The van der Waals surface area contributed by atoms with Crippen molar-refractivity contribution in [3.63, 3.8) is 0 Å². The van der Waals surface area contributed by atoms with Crippen LogP contribution in [0.2, 0.25) is 0 Å². The molecule has 1 N–H and O–H groups in total. The van der Waals surface area contributed by atoms with Crippen LogP contribution < -0.4 is 5.32 Å². The molecule has 0 aliphatic heterocycles. The number of halogens is 1. The molecule has 2 atom stereocenters. The van der Waals surface area contributed by atoms with Crippen molar-refractivity contribution in [2.75, 3.05) is 11.9 Å². The van der Waals surface area contributed by atoms with Crippen molar-refractivity contribution in [2.24, 2.45) is 11.8 Å². The van der Waals surface area contributed by atoms with Gasteiger partial charge in [0, 0.05) is 12.2 Å². The molecule has 0 spiro atoms. The van der Waals surface area contributed by atoms with Crippen molar-refractivity contribution in [3.8, 4) is 6.07 Å². The molecule has 0 amide bonds. The van der Waals surface area contributed by atoms with Gasteiger partial charge in [0.15, 0.2) is 0 Å². The molecule has 0 radical (unpaired) electrons.